The minimum atomic E-state index is -0.132. The topological polar surface area (TPSA) is 38.3 Å². The van der Waals surface area contributed by atoms with Gasteiger partial charge in [0.2, 0.25) is 5.91 Å². The van der Waals surface area contributed by atoms with Gasteiger partial charge >= 0.3 is 0 Å². The van der Waals surface area contributed by atoms with E-state index in [1.54, 1.807) is 0 Å². The van der Waals surface area contributed by atoms with E-state index in [0.717, 1.165) is 22.6 Å². The zero-order valence-electron chi connectivity index (χ0n) is 11.4. The van der Waals surface area contributed by atoms with E-state index >= 15 is 0 Å². The first kappa shape index (κ1) is 12.7. The van der Waals surface area contributed by atoms with Gasteiger partial charge in [0.1, 0.15) is 5.75 Å². The number of anilines is 1. The zero-order valence-corrected chi connectivity index (χ0v) is 11.4. The van der Waals surface area contributed by atoms with Crippen molar-refractivity contribution in [2.75, 3.05) is 11.9 Å². The number of benzene rings is 2. The molecule has 3 nitrogen and oxygen atoms in total. The number of carbonyl (C=O) groups is 1. The molecule has 102 valence electrons. The van der Waals surface area contributed by atoms with Crippen LogP contribution in [0.4, 0.5) is 5.69 Å². The van der Waals surface area contributed by atoms with Gasteiger partial charge in [0.15, 0.2) is 0 Å². The molecule has 3 heteroatoms. The van der Waals surface area contributed by atoms with Crippen LogP contribution in [0.5, 0.6) is 5.75 Å². The second-order valence-corrected chi connectivity index (χ2v) is 4.87. The van der Waals surface area contributed by atoms with Crippen LogP contribution in [0.3, 0.4) is 0 Å². The van der Waals surface area contributed by atoms with E-state index in [2.05, 4.69) is 5.32 Å². The Bertz CT molecular complexity index is 636. The van der Waals surface area contributed by atoms with E-state index in [1.165, 1.54) is 0 Å². The molecular weight excluding hydrogens is 250 g/mol. The third-order valence-electron chi connectivity index (χ3n) is 3.61. The van der Waals surface area contributed by atoms with E-state index in [-0.39, 0.29) is 11.8 Å². The monoisotopic (exact) mass is 267 g/mol. The van der Waals surface area contributed by atoms with Gasteiger partial charge in [-0.2, -0.15) is 0 Å². The summed E-state index contributed by atoms with van der Waals surface area (Å²) < 4.78 is 5.64. The van der Waals surface area contributed by atoms with Gasteiger partial charge < -0.3 is 10.1 Å². The standard InChI is InChI=1S/C17H17NO2/c1-2-20-16-10-6-3-7-12(16)11-14-13-8-4-5-9-15(13)18-17(14)19/h3-10,14H,2,11H2,1H3,(H,18,19)/t14-/m0/s1. The number of hydrogen-bond acceptors (Lipinski definition) is 2. The lowest BCUT2D eigenvalue weighted by atomic mass is 9.93. The Hall–Kier alpha value is -2.29. The van der Waals surface area contributed by atoms with Crippen molar-refractivity contribution >= 4 is 11.6 Å². The highest BCUT2D eigenvalue weighted by atomic mass is 16.5. The van der Waals surface area contributed by atoms with Crippen molar-refractivity contribution < 1.29 is 9.53 Å². The molecule has 0 fully saturated rings. The SMILES string of the molecule is CCOc1ccccc1C[C@@H]1C(=O)Nc2ccccc21. The Morgan fingerprint density at radius 2 is 1.85 bits per heavy atom. The fraction of sp³-hybridized carbons (Fsp3) is 0.235. The van der Waals surface area contributed by atoms with Crippen molar-refractivity contribution in [3.8, 4) is 5.75 Å². The van der Waals surface area contributed by atoms with Crippen LogP contribution < -0.4 is 10.1 Å². The predicted molar refractivity (Wildman–Crippen MR) is 79.1 cm³/mol. The summed E-state index contributed by atoms with van der Waals surface area (Å²) in [4.78, 5) is 12.2. The molecule has 1 aliphatic rings. The summed E-state index contributed by atoms with van der Waals surface area (Å²) in [7, 11) is 0. The van der Waals surface area contributed by atoms with Gasteiger partial charge in [-0.05, 0) is 36.6 Å². The Morgan fingerprint density at radius 3 is 2.70 bits per heavy atom. The van der Waals surface area contributed by atoms with Gasteiger partial charge in [0.05, 0.1) is 12.5 Å². The van der Waals surface area contributed by atoms with Crippen LogP contribution in [0.1, 0.15) is 24.0 Å². The Labute approximate surface area is 118 Å². The predicted octanol–water partition coefficient (Wildman–Crippen LogP) is 3.36. The Morgan fingerprint density at radius 1 is 1.10 bits per heavy atom. The minimum absolute atomic E-state index is 0.0671. The molecule has 0 spiro atoms. The summed E-state index contributed by atoms with van der Waals surface area (Å²) in [5.74, 6) is 0.803. The summed E-state index contributed by atoms with van der Waals surface area (Å²) in [5.41, 5.74) is 3.08. The van der Waals surface area contributed by atoms with Crippen molar-refractivity contribution in [2.45, 2.75) is 19.3 Å². The minimum Gasteiger partial charge on any atom is -0.494 e. The molecule has 1 N–H and O–H groups in total. The Balaban J connectivity index is 1.90. The molecule has 3 rings (SSSR count). The molecule has 2 aromatic rings. The maximum absolute atomic E-state index is 12.2. The van der Waals surface area contributed by atoms with E-state index in [9.17, 15) is 4.79 Å². The van der Waals surface area contributed by atoms with E-state index in [4.69, 9.17) is 4.74 Å². The van der Waals surface area contributed by atoms with E-state index in [0.29, 0.717) is 13.0 Å². The Kier molecular flexibility index (Phi) is 3.42. The van der Waals surface area contributed by atoms with Crippen LogP contribution in [0, 0.1) is 0 Å². The molecule has 0 saturated carbocycles. The first-order valence-corrected chi connectivity index (χ1v) is 6.90. The third-order valence-corrected chi connectivity index (χ3v) is 3.61. The summed E-state index contributed by atoms with van der Waals surface area (Å²) in [6.45, 7) is 2.60. The third kappa shape index (κ3) is 2.27. The molecular formula is C17H17NO2. The number of hydrogen-bond donors (Lipinski definition) is 1. The van der Waals surface area contributed by atoms with E-state index < -0.39 is 0 Å². The summed E-state index contributed by atoms with van der Waals surface area (Å²) >= 11 is 0. The normalized spacial score (nSPS) is 16.6. The number of para-hydroxylation sites is 2. The van der Waals surface area contributed by atoms with Gasteiger partial charge in [0.25, 0.3) is 0 Å². The van der Waals surface area contributed by atoms with Crippen molar-refractivity contribution in [1.29, 1.82) is 0 Å². The van der Waals surface area contributed by atoms with Gasteiger partial charge in [0, 0.05) is 5.69 Å². The van der Waals surface area contributed by atoms with Gasteiger partial charge in [-0.15, -0.1) is 0 Å². The molecule has 1 atom stereocenters. The summed E-state index contributed by atoms with van der Waals surface area (Å²) in [6, 6.07) is 15.8. The average Bonchev–Trinajstić information content (AvgIpc) is 2.78. The highest BCUT2D eigenvalue weighted by Crippen LogP contribution is 2.36. The number of amides is 1. The average molecular weight is 267 g/mol. The van der Waals surface area contributed by atoms with E-state index in [1.807, 2.05) is 55.5 Å². The lowest BCUT2D eigenvalue weighted by molar-refractivity contribution is -0.117. The van der Waals surface area contributed by atoms with Crippen molar-refractivity contribution in [1.82, 2.24) is 0 Å². The van der Waals surface area contributed by atoms with Crippen LogP contribution in [0.25, 0.3) is 0 Å². The van der Waals surface area contributed by atoms with Crippen LogP contribution in [-0.4, -0.2) is 12.5 Å². The van der Waals surface area contributed by atoms with Gasteiger partial charge in [-0.3, -0.25) is 4.79 Å². The second-order valence-electron chi connectivity index (χ2n) is 4.87. The van der Waals surface area contributed by atoms with Gasteiger partial charge in [-0.1, -0.05) is 36.4 Å². The molecule has 1 amide bonds. The van der Waals surface area contributed by atoms with Crippen molar-refractivity contribution in [2.24, 2.45) is 0 Å². The molecule has 2 aromatic carbocycles. The number of carbonyl (C=O) groups excluding carboxylic acids is 1. The molecule has 0 aliphatic carbocycles. The van der Waals surface area contributed by atoms with Crippen molar-refractivity contribution in [3.63, 3.8) is 0 Å². The van der Waals surface area contributed by atoms with Crippen LogP contribution >= 0.6 is 0 Å². The maximum Gasteiger partial charge on any atom is 0.232 e. The second kappa shape index (κ2) is 5.37. The highest BCUT2D eigenvalue weighted by Gasteiger charge is 2.30. The number of ether oxygens (including phenoxy) is 1. The molecule has 0 unspecified atom stereocenters. The number of nitrogens with one attached hydrogen (secondary N) is 1. The molecule has 1 aliphatic heterocycles. The fourth-order valence-corrected chi connectivity index (χ4v) is 2.67. The molecule has 0 aromatic heterocycles. The summed E-state index contributed by atoms with van der Waals surface area (Å²) in [5, 5.41) is 2.94. The highest BCUT2D eigenvalue weighted by molar-refractivity contribution is 6.03. The molecule has 20 heavy (non-hydrogen) atoms. The number of fused-ring (bicyclic) bond motifs is 1. The van der Waals surface area contributed by atoms with Crippen LogP contribution in [-0.2, 0) is 11.2 Å². The first-order chi connectivity index (χ1) is 9.79. The fourth-order valence-electron chi connectivity index (χ4n) is 2.67. The molecule has 0 saturated heterocycles. The summed E-state index contributed by atoms with van der Waals surface area (Å²) in [6.07, 6.45) is 0.666. The van der Waals surface area contributed by atoms with Crippen molar-refractivity contribution in [3.05, 3.63) is 59.7 Å². The van der Waals surface area contributed by atoms with Crippen LogP contribution in [0.15, 0.2) is 48.5 Å². The molecule has 1 heterocycles. The first-order valence-electron chi connectivity index (χ1n) is 6.90. The molecule has 0 radical (unpaired) electrons. The lowest BCUT2D eigenvalue weighted by Gasteiger charge is -2.13. The zero-order chi connectivity index (χ0) is 13.9. The lowest BCUT2D eigenvalue weighted by Crippen LogP contribution is -2.14. The smallest absolute Gasteiger partial charge is 0.232 e. The van der Waals surface area contributed by atoms with Gasteiger partial charge in [-0.25, -0.2) is 0 Å². The number of rotatable bonds is 4. The quantitative estimate of drug-likeness (QED) is 0.922. The molecule has 0 bridgehead atoms. The maximum atomic E-state index is 12.2. The largest absolute Gasteiger partial charge is 0.494 e. The van der Waals surface area contributed by atoms with Crippen LogP contribution in [0.2, 0.25) is 0 Å².